The predicted octanol–water partition coefficient (Wildman–Crippen LogP) is 3.19. The summed E-state index contributed by atoms with van der Waals surface area (Å²) in [6, 6.07) is 10.8. The van der Waals surface area contributed by atoms with Crippen molar-refractivity contribution in [2.24, 2.45) is 0 Å². The monoisotopic (exact) mass is 274 g/mol. The lowest BCUT2D eigenvalue weighted by Crippen LogP contribution is -2.48. The van der Waals surface area contributed by atoms with Crippen molar-refractivity contribution in [3.8, 4) is 5.75 Å². The second-order valence-corrected chi connectivity index (χ2v) is 6.09. The minimum Gasteiger partial charge on any atom is -0.494 e. The molecule has 2 fully saturated rings. The van der Waals surface area contributed by atoms with Crippen LogP contribution in [0.1, 0.15) is 39.0 Å². The molecular formula is C17H26N2O. The Bertz CT molecular complexity index is 417. The summed E-state index contributed by atoms with van der Waals surface area (Å²) in [5.41, 5.74) is 1.37. The predicted molar refractivity (Wildman–Crippen MR) is 83.6 cm³/mol. The van der Waals surface area contributed by atoms with Crippen molar-refractivity contribution in [3.05, 3.63) is 24.3 Å². The highest BCUT2D eigenvalue weighted by Crippen LogP contribution is 2.39. The van der Waals surface area contributed by atoms with Gasteiger partial charge in [0.15, 0.2) is 0 Å². The van der Waals surface area contributed by atoms with Crippen LogP contribution >= 0.6 is 0 Å². The van der Waals surface area contributed by atoms with Crippen molar-refractivity contribution < 1.29 is 4.74 Å². The molecule has 0 spiro atoms. The third-order valence-electron chi connectivity index (χ3n) is 4.75. The third-order valence-corrected chi connectivity index (χ3v) is 4.75. The summed E-state index contributed by atoms with van der Waals surface area (Å²) >= 11 is 0. The van der Waals surface area contributed by atoms with Crippen molar-refractivity contribution in [1.82, 2.24) is 5.32 Å². The van der Waals surface area contributed by atoms with Gasteiger partial charge in [-0.3, -0.25) is 0 Å². The molecule has 3 rings (SSSR count). The summed E-state index contributed by atoms with van der Waals surface area (Å²) in [5, 5.41) is 3.46. The maximum Gasteiger partial charge on any atom is 0.119 e. The van der Waals surface area contributed by atoms with Crippen LogP contribution in [0.15, 0.2) is 24.3 Å². The molecule has 1 aromatic rings. The summed E-state index contributed by atoms with van der Waals surface area (Å²) in [5.74, 6) is 0.994. The zero-order chi connectivity index (χ0) is 13.9. The van der Waals surface area contributed by atoms with Gasteiger partial charge in [0.2, 0.25) is 0 Å². The standard InChI is InChI=1S/C17H26N2O/c1-3-10-20-17-8-6-14(7-9-17)19-15-4-5-16(19)12-13(11-15)18-2/h6-9,13,15-16,18H,3-5,10-12H2,1-2H3. The Kier molecular flexibility index (Phi) is 4.16. The number of ether oxygens (including phenoxy) is 1. The van der Waals surface area contributed by atoms with Crippen LogP contribution in [0.2, 0.25) is 0 Å². The van der Waals surface area contributed by atoms with Crippen molar-refractivity contribution in [1.29, 1.82) is 0 Å². The smallest absolute Gasteiger partial charge is 0.119 e. The Morgan fingerprint density at radius 3 is 2.35 bits per heavy atom. The lowest BCUT2D eigenvalue weighted by atomic mass is 9.97. The zero-order valence-corrected chi connectivity index (χ0v) is 12.6. The lowest BCUT2D eigenvalue weighted by molar-refractivity contribution is 0.317. The van der Waals surface area contributed by atoms with Gasteiger partial charge in [0.25, 0.3) is 0 Å². The van der Waals surface area contributed by atoms with Gasteiger partial charge in [0.05, 0.1) is 6.61 Å². The SMILES string of the molecule is CCCOc1ccc(N2C3CCC2CC(NC)C3)cc1. The Morgan fingerprint density at radius 2 is 1.80 bits per heavy atom. The van der Waals surface area contributed by atoms with Crippen LogP contribution in [0, 0.1) is 0 Å². The van der Waals surface area contributed by atoms with Gasteiger partial charge in [0.1, 0.15) is 5.75 Å². The number of piperidine rings is 1. The molecule has 1 N–H and O–H groups in total. The van der Waals surface area contributed by atoms with E-state index in [1.807, 2.05) is 0 Å². The molecule has 2 saturated heterocycles. The summed E-state index contributed by atoms with van der Waals surface area (Å²) in [6.07, 6.45) is 6.31. The van der Waals surface area contributed by atoms with Gasteiger partial charge in [-0.25, -0.2) is 0 Å². The molecule has 20 heavy (non-hydrogen) atoms. The maximum atomic E-state index is 5.67. The van der Waals surface area contributed by atoms with E-state index in [1.165, 1.54) is 31.4 Å². The molecule has 2 unspecified atom stereocenters. The highest BCUT2D eigenvalue weighted by Gasteiger charge is 2.40. The molecule has 2 bridgehead atoms. The second-order valence-electron chi connectivity index (χ2n) is 6.09. The van der Waals surface area contributed by atoms with Crippen LogP contribution in [-0.2, 0) is 0 Å². The fourth-order valence-corrected chi connectivity index (χ4v) is 3.77. The minimum atomic E-state index is 0.705. The van der Waals surface area contributed by atoms with Crippen LogP contribution in [0.3, 0.4) is 0 Å². The van der Waals surface area contributed by atoms with Gasteiger partial charge >= 0.3 is 0 Å². The average Bonchev–Trinajstić information content (AvgIpc) is 2.76. The van der Waals surface area contributed by atoms with Crippen molar-refractivity contribution in [3.63, 3.8) is 0 Å². The summed E-state index contributed by atoms with van der Waals surface area (Å²) in [4.78, 5) is 2.65. The number of hydrogen-bond donors (Lipinski definition) is 1. The second kappa shape index (κ2) is 6.04. The van der Waals surface area contributed by atoms with E-state index in [4.69, 9.17) is 4.74 Å². The van der Waals surface area contributed by atoms with Gasteiger partial charge in [-0.05, 0) is 63.4 Å². The molecule has 110 valence electrons. The molecule has 3 nitrogen and oxygen atoms in total. The largest absolute Gasteiger partial charge is 0.494 e. The number of nitrogens with one attached hydrogen (secondary N) is 1. The van der Waals surface area contributed by atoms with Crippen LogP contribution in [-0.4, -0.2) is 31.8 Å². The third kappa shape index (κ3) is 2.64. The zero-order valence-electron chi connectivity index (χ0n) is 12.6. The van der Waals surface area contributed by atoms with E-state index in [9.17, 15) is 0 Å². The van der Waals surface area contributed by atoms with Crippen molar-refractivity contribution in [2.45, 2.75) is 57.2 Å². The van der Waals surface area contributed by atoms with E-state index in [1.54, 1.807) is 0 Å². The van der Waals surface area contributed by atoms with Gasteiger partial charge in [-0.1, -0.05) is 6.92 Å². The van der Waals surface area contributed by atoms with Crippen LogP contribution < -0.4 is 15.0 Å². The summed E-state index contributed by atoms with van der Waals surface area (Å²) in [6.45, 7) is 2.94. The van der Waals surface area contributed by atoms with Gasteiger partial charge in [0, 0.05) is 23.8 Å². The number of fused-ring (bicyclic) bond motifs is 2. The Balaban J connectivity index is 1.70. The van der Waals surface area contributed by atoms with E-state index >= 15 is 0 Å². The number of anilines is 1. The molecule has 0 amide bonds. The van der Waals surface area contributed by atoms with Gasteiger partial charge < -0.3 is 15.0 Å². The summed E-state index contributed by atoms with van der Waals surface area (Å²) < 4.78 is 5.67. The first-order chi connectivity index (χ1) is 9.81. The molecule has 0 aromatic heterocycles. The maximum absolute atomic E-state index is 5.67. The highest BCUT2D eigenvalue weighted by molar-refractivity contribution is 5.52. The first-order valence-electron chi connectivity index (χ1n) is 8.00. The van der Waals surface area contributed by atoms with Gasteiger partial charge in [-0.15, -0.1) is 0 Å². The first kappa shape index (κ1) is 13.7. The Labute approximate surface area is 122 Å². The van der Waals surface area contributed by atoms with E-state index < -0.39 is 0 Å². The molecule has 2 aliphatic heterocycles. The number of hydrogen-bond acceptors (Lipinski definition) is 3. The normalized spacial score (nSPS) is 28.7. The molecule has 3 heteroatoms. The van der Waals surface area contributed by atoms with E-state index in [-0.39, 0.29) is 0 Å². The fourth-order valence-electron chi connectivity index (χ4n) is 3.77. The minimum absolute atomic E-state index is 0.705. The molecule has 2 atom stereocenters. The average molecular weight is 274 g/mol. The van der Waals surface area contributed by atoms with E-state index in [2.05, 4.69) is 48.5 Å². The molecule has 0 radical (unpaired) electrons. The van der Waals surface area contributed by atoms with Crippen LogP contribution in [0.5, 0.6) is 5.75 Å². The first-order valence-corrected chi connectivity index (χ1v) is 8.00. The Morgan fingerprint density at radius 1 is 1.15 bits per heavy atom. The number of nitrogens with zero attached hydrogens (tertiary/aromatic N) is 1. The number of rotatable bonds is 5. The molecule has 0 saturated carbocycles. The topological polar surface area (TPSA) is 24.5 Å². The van der Waals surface area contributed by atoms with Crippen molar-refractivity contribution in [2.75, 3.05) is 18.6 Å². The lowest BCUT2D eigenvalue weighted by Gasteiger charge is -2.40. The number of benzene rings is 1. The molecule has 2 aliphatic rings. The van der Waals surface area contributed by atoms with Crippen LogP contribution in [0.4, 0.5) is 5.69 Å². The van der Waals surface area contributed by atoms with E-state index in [0.717, 1.165) is 18.8 Å². The fraction of sp³-hybridized carbons (Fsp3) is 0.647. The van der Waals surface area contributed by atoms with Crippen molar-refractivity contribution >= 4 is 5.69 Å². The van der Waals surface area contributed by atoms with Crippen LogP contribution in [0.25, 0.3) is 0 Å². The molecule has 2 heterocycles. The summed E-state index contributed by atoms with van der Waals surface area (Å²) in [7, 11) is 2.10. The van der Waals surface area contributed by atoms with Gasteiger partial charge in [-0.2, -0.15) is 0 Å². The Hall–Kier alpha value is -1.22. The molecule has 0 aliphatic carbocycles. The van der Waals surface area contributed by atoms with E-state index in [0.29, 0.717) is 18.1 Å². The highest BCUT2D eigenvalue weighted by atomic mass is 16.5. The molecular weight excluding hydrogens is 248 g/mol. The quantitative estimate of drug-likeness (QED) is 0.892. The molecule has 1 aromatic carbocycles.